The molecule has 0 spiro atoms. The van der Waals surface area contributed by atoms with Crippen LogP contribution in [0, 0.1) is 0 Å². The molecule has 3 nitrogen and oxygen atoms in total. The Bertz CT molecular complexity index is 733. The van der Waals surface area contributed by atoms with Crippen molar-refractivity contribution in [1.82, 2.24) is 5.32 Å². The van der Waals surface area contributed by atoms with Gasteiger partial charge in [0.15, 0.2) is 6.54 Å². The molecule has 0 bridgehead atoms. The van der Waals surface area contributed by atoms with Crippen LogP contribution in [0.2, 0.25) is 10.0 Å². The van der Waals surface area contributed by atoms with Gasteiger partial charge < -0.3 is 10.2 Å². The summed E-state index contributed by atoms with van der Waals surface area (Å²) >= 11 is 12.0. The summed E-state index contributed by atoms with van der Waals surface area (Å²) in [6.45, 7) is 3.03. The molecule has 3 rings (SSSR count). The van der Waals surface area contributed by atoms with Crippen LogP contribution in [0.25, 0.3) is 0 Å². The Morgan fingerprint density at radius 3 is 2.71 bits per heavy atom. The second-order valence-electron chi connectivity index (χ2n) is 6.21. The highest BCUT2D eigenvalue weighted by Gasteiger charge is 2.21. The minimum atomic E-state index is 0.0921. The van der Waals surface area contributed by atoms with E-state index in [1.807, 2.05) is 12.1 Å². The van der Waals surface area contributed by atoms with Gasteiger partial charge in [-0.05, 0) is 29.7 Å². The van der Waals surface area contributed by atoms with Crippen LogP contribution in [-0.2, 0) is 24.2 Å². The highest BCUT2D eigenvalue weighted by molar-refractivity contribution is 6.35. The molecule has 2 N–H and O–H groups in total. The average Bonchev–Trinajstić information content (AvgIpc) is 2.57. The third kappa shape index (κ3) is 4.50. The third-order valence-electron chi connectivity index (χ3n) is 4.45. The van der Waals surface area contributed by atoms with E-state index >= 15 is 0 Å². The quantitative estimate of drug-likeness (QED) is 0.839. The number of amides is 1. The van der Waals surface area contributed by atoms with Gasteiger partial charge in [0.2, 0.25) is 0 Å². The van der Waals surface area contributed by atoms with Gasteiger partial charge in [0.1, 0.15) is 6.54 Å². The number of quaternary nitrogens is 1. The number of hydrogen-bond donors (Lipinski definition) is 2. The first kappa shape index (κ1) is 17.3. The molecule has 0 fully saturated rings. The predicted molar refractivity (Wildman–Crippen MR) is 97.7 cm³/mol. The zero-order chi connectivity index (χ0) is 16.9. The lowest BCUT2D eigenvalue weighted by atomic mass is 10.00. The van der Waals surface area contributed by atoms with Gasteiger partial charge >= 0.3 is 0 Å². The van der Waals surface area contributed by atoms with Crippen LogP contribution in [0.3, 0.4) is 0 Å². The Balaban J connectivity index is 1.45. The number of nitrogens with one attached hydrogen (secondary N) is 2. The van der Waals surface area contributed by atoms with Gasteiger partial charge in [-0.15, -0.1) is 0 Å². The van der Waals surface area contributed by atoms with E-state index in [4.69, 9.17) is 23.2 Å². The van der Waals surface area contributed by atoms with Crippen LogP contribution in [-0.4, -0.2) is 25.5 Å². The molecular formula is C19H21Cl2N2O+. The molecule has 2 aromatic carbocycles. The number of benzene rings is 2. The predicted octanol–water partition coefficient (Wildman–Crippen LogP) is 2.29. The van der Waals surface area contributed by atoms with Gasteiger partial charge in [-0.3, -0.25) is 4.79 Å². The Labute approximate surface area is 152 Å². The molecule has 1 amide bonds. The fourth-order valence-corrected chi connectivity index (χ4v) is 3.65. The highest BCUT2D eigenvalue weighted by Crippen LogP contribution is 2.21. The van der Waals surface area contributed by atoms with Crippen molar-refractivity contribution in [2.75, 3.05) is 19.6 Å². The fourth-order valence-electron chi connectivity index (χ4n) is 3.14. The summed E-state index contributed by atoms with van der Waals surface area (Å²) in [6, 6.07) is 14.0. The molecule has 2 aromatic rings. The summed E-state index contributed by atoms with van der Waals surface area (Å²) in [5, 5.41) is 4.27. The van der Waals surface area contributed by atoms with E-state index in [1.165, 1.54) is 16.0 Å². The van der Waals surface area contributed by atoms with Gasteiger partial charge in [-0.1, -0.05) is 53.5 Å². The molecule has 1 aliphatic rings. The monoisotopic (exact) mass is 363 g/mol. The van der Waals surface area contributed by atoms with Crippen molar-refractivity contribution in [3.8, 4) is 0 Å². The van der Waals surface area contributed by atoms with Crippen LogP contribution >= 0.6 is 23.2 Å². The van der Waals surface area contributed by atoms with Crippen LogP contribution in [0.5, 0.6) is 0 Å². The van der Waals surface area contributed by atoms with E-state index in [-0.39, 0.29) is 5.91 Å². The van der Waals surface area contributed by atoms with Gasteiger partial charge in [0, 0.05) is 28.6 Å². The number of rotatable bonds is 5. The van der Waals surface area contributed by atoms with E-state index in [9.17, 15) is 4.79 Å². The summed E-state index contributed by atoms with van der Waals surface area (Å²) in [6.07, 6.45) is 1.75. The molecule has 24 heavy (non-hydrogen) atoms. The Hall–Kier alpha value is -1.55. The van der Waals surface area contributed by atoms with Crippen molar-refractivity contribution in [2.24, 2.45) is 0 Å². The summed E-state index contributed by atoms with van der Waals surface area (Å²) in [5.74, 6) is 0.0921. The van der Waals surface area contributed by atoms with Crippen LogP contribution < -0.4 is 10.2 Å². The van der Waals surface area contributed by atoms with Crippen molar-refractivity contribution < 1.29 is 9.69 Å². The number of fused-ring (bicyclic) bond motifs is 1. The fraction of sp³-hybridized carbons (Fsp3) is 0.316. The van der Waals surface area contributed by atoms with E-state index in [2.05, 4.69) is 29.6 Å². The number of carbonyl (C=O) groups is 1. The smallest absolute Gasteiger partial charge is 0.275 e. The van der Waals surface area contributed by atoms with Crippen LogP contribution in [0.15, 0.2) is 42.5 Å². The van der Waals surface area contributed by atoms with Gasteiger partial charge in [0.25, 0.3) is 5.91 Å². The molecule has 5 heteroatoms. The lowest BCUT2D eigenvalue weighted by Gasteiger charge is -2.25. The molecule has 0 saturated carbocycles. The minimum absolute atomic E-state index is 0.0921. The summed E-state index contributed by atoms with van der Waals surface area (Å²) in [4.78, 5) is 13.5. The lowest BCUT2D eigenvalue weighted by molar-refractivity contribution is -0.908. The minimum Gasteiger partial charge on any atom is -0.351 e. The standard InChI is InChI=1S/C19H20Cl2N2O/c20-17-6-5-15(18(21)11-17)7-9-22-19(24)13-23-10-8-14-3-1-2-4-16(14)12-23/h1-6,11H,7-10,12-13H2,(H,22,24)/p+1. The maximum absolute atomic E-state index is 12.2. The third-order valence-corrected chi connectivity index (χ3v) is 5.04. The summed E-state index contributed by atoms with van der Waals surface area (Å²) in [7, 11) is 0. The number of carbonyl (C=O) groups excluding carboxylic acids is 1. The molecule has 126 valence electrons. The van der Waals surface area contributed by atoms with Crippen molar-refractivity contribution in [2.45, 2.75) is 19.4 Å². The maximum atomic E-state index is 12.2. The van der Waals surface area contributed by atoms with Gasteiger partial charge in [-0.25, -0.2) is 0 Å². The zero-order valence-electron chi connectivity index (χ0n) is 13.4. The molecule has 1 heterocycles. The largest absolute Gasteiger partial charge is 0.351 e. The van der Waals surface area contributed by atoms with E-state index in [0.29, 0.717) is 29.6 Å². The number of halogens is 2. The number of hydrogen-bond acceptors (Lipinski definition) is 1. The Kier molecular flexibility index (Phi) is 5.77. The normalized spacial score (nSPS) is 16.5. The second kappa shape index (κ2) is 8.02. The zero-order valence-corrected chi connectivity index (χ0v) is 15.0. The second-order valence-corrected chi connectivity index (χ2v) is 7.05. The van der Waals surface area contributed by atoms with E-state index < -0.39 is 0 Å². The van der Waals surface area contributed by atoms with Crippen molar-refractivity contribution in [3.05, 3.63) is 69.2 Å². The molecular weight excluding hydrogens is 343 g/mol. The molecule has 1 unspecified atom stereocenters. The highest BCUT2D eigenvalue weighted by atomic mass is 35.5. The first-order valence-electron chi connectivity index (χ1n) is 8.23. The van der Waals surface area contributed by atoms with Crippen LogP contribution in [0.4, 0.5) is 0 Å². The molecule has 0 aliphatic carbocycles. The molecule has 1 atom stereocenters. The lowest BCUT2D eigenvalue weighted by Crippen LogP contribution is -3.12. The maximum Gasteiger partial charge on any atom is 0.275 e. The first-order chi connectivity index (χ1) is 11.6. The van der Waals surface area contributed by atoms with Crippen molar-refractivity contribution in [3.63, 3.8) is 0 Å². The molecule has 1 aliphatic heterocycles. The van der Waals surface area contributed by atoms with E-state index in [0.717, 1.165) is 25.1 Å². The molecule has 0 saturated heterocycles. The van der Waals surface area contributed by atoms with E-state index in [1.54, 1.807) is 6.07 Å². The van der Waals surface area contributed by atoms with Crippen molar-refractivity contribution >= 4 is 29.1 Å². The van der Waals surface area contributed by atoms with Crippen LogP contribution in [0.1, 0.15) is 16.7 Å². The van der Waals surface area contributed by atoms with Gasteiger partial charge in [0.05, 0.1) is 6.54 Å². The summed E-state index contributed by atoms with van der Waals surface area (Å²) in [5.41, 5.74) is 3.78. The Morgan fingerprint density at radius 2 is 1.92 bits per heavy atom. The topological polar surface area (TPSA) is 33.5 Å². The SMILES string of the molecule is O=C(C[NH+]1CCc2ccccc2C1)NCCc1ccc(Cl)cc1Cl. The molecule has 0 aromatic heterocycles. The van der Waals surface area contributed by atoms with Gasteiger partial charge in [-0.2, -0.15) is 0 Å². The Morgan fingerprint density at radius 1 is 1.12 bits per heavy atom. The molecule has 0 radical (unpaired) electrons. The van der Waals surface area contributed by atoms with Crippen molar-refractivity contribution in [1.29, 1.82) is 0 Å². The average molecular weight is 364 g/mol. The first-order valence-corrected chi connectivity index (χ1v) is 8.98. The summed E-state index contributed by atoms with van der Waals surface area (Å²) < 4.78 is 0.